The predicted molar refractivity (Wildman–Crippen MR) is 80.8 cm³/mol. The Kier molecular flexibility index (Phi) is 5.17. The first kappa shape index (κ1) is 15.0. The lowest BCUT2D eigenvalue weighted by atomic mass is 9.87. The van der Waals surface area contributed by atoms with Crippen LogP contribution in [0.1, 0.15) is 50.6 Å². The molecule has 5 nitrogen and oxygen atoms in total. The highest BCUT2D eigenvalue weighted by molar-refractivity contribution is 5.91. The van der Waals surface area contributed by atoms with E-state index in [1.165, 1.54) is 32.1 Å². The lowest BCUT2D eigenvalue weighted by Gasteiger charge is -2.19. The summed E-state index contributed by atoms with van der Waals surface area (Å²) in [5, 5.41) is 10.6. The van der Waals surface area contributed by atoms with Crippen LogP contribution in [0.3, 0.4) is 0 Å². The zero-order valence-corrected chi connectivity index (χ0v) is 12.8. The van der Waals surface area contributed by atoms with E-state index in [1.807, 2.05) is 27.1 Å². The Labute approximate surface area is 121 Å². The zero-order chi connectivity index (χ0) is 14.5. The molecule has 0 bridgehead atoms. The summed E-state index contributed by atoms with van der Waals surface area (Å²) in [4.78, 5) is 12.0. The number of carbonyl (C=O) groups is 1. The molecule has 1 aliphatic rings. The van der Waals surface area contributed by atoms with Gasteiger partial charge in [0.05, 0.1) is 5.69 Å². The molecule has 5 heteroatoms. The number of amides is 1. The standard InChI is InChI=1S/C15H26N4O/c1-11(10-16-2)15(20)17-14-9-13(18-19(14)3)12-7-5-4-6-8-12/h9,11-12,16H,4-8,10H2,1-3H3,(H,17,20). The Balaban J connectivity index is 2.01. The van der Waals surface area contributed by atoms with Gasteiger partial charge in [-0.25, -0.2) is 0 Å². The molecule has 1 amide bonds. The summed E-state index contributed by atoms with van der Waals surface area (Å²) in [5.41, 5.74) is 1.13. The van der Waals surface area contributed by atoms with Gasteiger partial charge in [0.15, 0.2) is 0 Å². The van der Waals surface area contributed by atoms with Gasteiger partial charge in [0.2, 0.25) is 5.91 Å². The highest BCUT2D eigenvalue weighted by atomic mass is 16.2. The first-order chi connectivity index (χ1) is 9.61. The first-order valence-electron chi connectivity index (χ1n) is 7.61. The second-order valence-corrected chi connectivity index (χ2v) is 5.86. The number of rotatable bonds is 5. The SMILES string of the molecule is CNCC(C)C(=O)Nc1cc(C2CCCCC2)nn1C. The van der Waals surface area contributed by atoms with Crippen LogP contribution in [0.4, 0.5) is 5.82 Å². The third-order valence-corrected chi connectivity index (χ3v) is 4.13. The minimum atomic E-state index is -0.0481. The molecule has 1 heterocycles. The summed E-state index contributed by atoms with van der Waals surface area (Å²) in [5.74, 6) is 1.36. The molecule has 1 aromatic rings. The van der Waals surface area contributed by atoms with Crippen molar-refractivity contribution in [2.24, 2.45) is 13.0 Å². The molecule has 0 saturated heterocycles. The average Bonchev–Trinajstić information content (AvgIpc) is 2.81. The van der Waals surface area contributed by atoms with Crippen molar-refractivity contribution in [2.75, 3.05) is 18.9 Å². The van der Waals surface area contributed by atoms with E-state index in [-0.39, 0.29) is 11.8 Å². The number of aryl methyl sites for hydroxylation is 1. The Morgan fingerprint density at radius 1 is 1.45 bits per heavy atom. The number of nitrogens with one attached hydrogen (secondary N) is 2. The summed E-state index contributed by atoms with van der Waals surface area (Å²) in [6, 6.07) is 2.04. The molecule has 1 aromatic heterocycles. The van der Waals surface area contributed by atoms with Gasteiger partial charge < -0.3 is 10.6 Å². The molecule has 1 saturated carbocycles. The monoisotopic (exact) mass is 278 g/mol. The van der Waals surface area contributed by atoms with Gasteiger partial charge in [-0.2, -0.15) is 5.10 Å². The van der Waals surface area contributed by atoms with Crippen LogP contribution >= 0.6 is 0 Å². The third-order valence-electron chi connectivity index (χ3n) is 4.13. The molecular formula is C15H26N4O. The fraction of sp³-hybridized carbons (Fsp3) is 0.733. The Morgan fingerprint density at radius 2 is 2.15 bits per heavy atom. The van der Waals surface area contributed by atoms with E-state index in [1.54, 1.807) is 4.68 Å². The highest BCUT2D eigenvalue weighted by Gasteiger charge is 2.20. The predicted octanol–water partition coefficient (Wildman–Crippen LogP) is 2.26. The molecule has 112 valence electrons. The van der Waals surface area contributed by atoms with E-state index in [0.29, 0.717) is 12.5 Å². The van der Waals surface area contributed by atoms with Crippen molar-refractivity contribution in [3.63, 3.8) is 0 Å². The van der Waals surface area contributed by atoms with Gasteiger partial charge in [-0.1, -0.05) is 26.2 Å². The average molecular weight is 278 g/mol. The zero-order valence-electron chi connectivity index (χ0n) is 12.8. The van der Waals surface area contributed by atoms with Gasteiger partial charge in [-0.15, -0.1) is 0 Å². The van der Waals surface area contributed by atoms with E-state index in [0.717, 1.165) is 11.5 Å². The van der Waals surface area contributed by atoms with Crippen LogP contribution in [0.2, 0.25) is 0 Å². The summed E-state index contributed by atoms with van der Waals surface area (Å²) in [7, 11) is 3.75. The largest absolute Gasteiger partial charge is 0.319 e. The van der Waals surface area contributed by atoms with Crippen molar-refractivity contribution in [1.29, 1.82) is 0 Å². The van der Waals surface area contributed by atoms with E-state index < -0.39 is 0 Å². The van der Waals surface area contributed by atoms with E-state index in [4.69, 9.17) is 0 Å². The van der Waals surface area contributed by atoms with Crippen LogP contribution in [-0.4, -0.2) is 29.3 Å². The highest BCUT2D eigenvalue weighted by Crippen LogP contribution is 2.32. The van der Waals surface area contributed by atoms with Crippen molar-refractivity contribution in [1.82, 2.24) is 15.1 Å². The van der Waals surface area contributed by atoms with E-state index in [2.05, 4.69) is 15.7 Å². The number of hydrogen-bond acceptors (Lipinski definition) is 3. The number of hydrogen-bond donors (Lipinski definition) is 2. The fourth-order valence-electron chi connectivity index (χ4n) is 2.85. The Hall–Kier alpha value is -1.36. The van der Waals surface area contributed by atoms with Crippen molar-refractivity contribution in [2.45, 2.75) is 44.9 Å². The first-order valence-corrected chi connectivity index (χ1v) is 7.61. The molecule has 1 unspecified atom stereocenters. The van der Waals surface area contributed by atoms with E-state index >= 15 is 0 Å². The number of nitrogens with zero attached hydrogens (tertiary/aromatic N) is 2. The maximum atomic E-state index is 12.0. The molecule has 0 spiro atoms. The molecule has 1 atom stereocenters. The van der Waals surface area contributed by atoms with E-state index in [9.17, 15) is 4.79 Å². The van der Waals surface area contributed by atoms with Crippen molar-refractivity contribution < 1.29 is 4.79 Å². The Bertz CT molecular complexity index is 449. The Morgan fingerprint density at radius 3 is 2.80 bits per heavy atom. The maximum Gasteiger partial charge on any atom is 0.229 e. The summed E-state index contributed by atoms with van der Waals surface area (Å²) in [6.07, 6.45) is 6.37. The lowest BCUT2D eigenvalue weighted by molar-refractivity contribution is -0.119. The molecule has 0 aromatic carbocycles. The molecule has 0 aliphatic heterocycles. The summed E-state index contributed by atoms with van der Waals surface area (Å²) >= 11 is 0. The number of aromatic nitrogens is 2. The normalized spacial score (nSPS) is 17.9. The maximum absolute atomic E-state index is 12.0. The minimum Gasteiger partial charge on any atom is -0.319 e. The van der Waals surface area contributed by atoms with Gasteiger partial charge in [0, 0.05) is 31.5 Å². The second kappa shape index (κ2) is 6.88. The quantitative estimate of drug-likeness (QED) is 0.868. The van der Waals surface area contributed by atoms with Gasteiger partial charge >= 0.3 is 0 Å². The van der Waals surface area contributed by atoms with Crippen molar-refractivity contribution >= 4 is 11.7 Å². The molecule has 20 heavy (non-hydrogen) atoms. The lowest BCUT2D eigenvalue weighted by Crippen LogP contribution is -2.29. The summed E-state index contributed by atoms with van der Waals surface area (Å²) in [6.45, 7) is 2.60. The molecule has 2 rings (SSSR count). The van der Waals surface area contributed by atoms with Crippen molar-refractivity contribution in [3.05, 3.63) is 11.8 Å². The van der Waals surface area contributed by atoms with Crippen LogP contribution in [-0.2, 0) is 11.8 Å². The second-order valence-electron chi connectivity index (χ2n) is 5.86. The molecule has 2 N–H and O–H groups in total. The van der Waals surface area contributed by atoms with Crippen LogP contribution < -0.4 is 10.6 Å². The summed E-state index contributed by atoms with van der Waals surface area (Å²) < 4.78 is 1.79. The van der Waals surface area contributed by atoms with Gasteiger partial charge in [-0.05, 0) is 19.9 Å². The van der Waals surface area contributed by atoms with Crippen LogP contribution in [0.25, 0.3) is 0 Å². The smallest absolute Gasteiger partial charge is 0.229 e. The number of anilines is 1. The topological polar surface area (TPSA) is 59.0 Å². The van der Waals surface area contributed by atoms with Gasteiger partial charge in [-0.3, -0.25) is 9.48 Å². The van der Waals surface area contributed by atoms with Crippen LogP contribution in [0.15, 0.2) is 6.07 Å². The third kappa shape index (κ3) is 3.60. The van der Waals surface area contributed by atoms with Crippen molar-refractivity contribution in [3.8, 4) is 0 Å². The van der Waals surface area contributed by atoms with Crippen LogP contribution in [0, 0.1) is 5.92 Å². The van der Waals surface area contributed by atoms with Crippen LogP contribution in [0.5, 0.6) is 0 Å². The molecule has 1 aliphatic carbocycles. The minimum absolute atomic E-state index is 0.0394. The molecule has 1 fully saturated rings. The number of carbonyl (C=O) groups excluding carboxylic acids is 1. The van der Waals surface area contributed by atoms with Gasteiger partial charge in [0.25, 0.3) is 0 Å². The molecule has 0 radical (unpaired) electrons. The molecular weight excluding hydrogens is 252 g/mol. The van der Waals surface area contributed by atoms with Gasteiger partial charge in [0.1, 0.15) is 5.82 Å². The fourth-order valence-corrected chi connectivity index (χ4v) is 2.85.